The number of likely N-dealkylation sites (tertiary alicyclic amines) is 1. The van der Waals surface area contributed by atoms with Crippen molar-refractivity contribution >= 4 is 29.6 Å². The van der Waals surface area contributed by atoms with E-state index in [9.17, 15) is 24.6 Å². The van der Waals surface area contributed by atoms with Gasteiger partial charge in [-0.15, -0.1) is 0 Å². The van der Waals surface area contributed by atoms with Gasteiger partial charge in [0.1, 0.15) is 23.9 Å². The molecule has 0 bridgehead atoms. The van der Waals surface area contributed by atoms with Crippen molar-refractivity contribution in [3.8, 4) is 5.75 Å². The summed E-state index contributed by atoms with van der Waals surface area (Å²) in [6.07, 6.45) is 0.220. The average Bonchev–Trinajstić information content (AvgIpc) is 3.42. The number of nitrogens with one attached hydrogen (secondary N) is 3. The smallest absolute Gasteiger partial charge is 0.346 e. The largest absolute Gasteiger partial charge is 0.494 e. The molecular weight excluding hydrogens is 472 g/mol. The molecule has 4 heterocycles. The first-order valence-electron chi connectivity index (χ1n) is 11.7. The van der Waals surface area contributed by atoms with E-state index in [1.54, 1.807) is 24.3 Å². The maximum atomic E-state index is 13.0. The molecule has 2 saturated heterocycles. The fraction of sp³-hybridized carbons (Fsp3) is 0.500. The monoisotopic (exact) mass is 501 g/mol. The third kappa shape index (κ3) is 3.44. The number of hydrogen-bond donors (Lipinski definition) is 7. The van der Waals surface area contributed by atoms with Crippen LogP contribution in [0, 0.1) is 0 Å². The summed E-state index contributed by atoms with van der Waals surface area (Å²) >= 11 is 0. The van der Waals surface area contributed by atoms with E-state index in [4.69, 9.17) is 16.2 Å². The number of guanidine groups is 2. The number of carbonyl (C=O) groups is 3. The van der Waals surface area contributed by atoms with E-state index in [2.05, 4.69) is 20.9 Å². The summed E-state index contributed by atoms with van der Waals surface area (Å²) < 4.78 is 6.89. The Kier molecular flexibility index (Phi) is 5.52. The second-order valence-electron chi connectivity index (χ2n) is 9.21. The first-order chi connectivity index (χ1) is 17.1. The minimum atomic E-state index is -2.61. The Labute approximate surface area is 206 Å². The van der Waals surface area contributed by atoms with E-state index in [1.165, 1.54) is 4.58 Å². The van der Waals surface area contributed by atoms with Crippen LogP contribution in [0.5, 0.6) is 5.75 Å². The zero-order valence-electron chi connectivity index (χ0n) is 19.6. The average molecular weight is 502 g/mol. The molecule has 1 unspecified atom stereocenters. The number of aliphatic imine (C=N–C) groups is 1. The van der Waals surface area contributed by atoms with E-state index in [0.717, 1.165) is 4.90 Å². The van der Waals surface area contributed by atoms with E-state index in [0.29, 0.717) is 12.4 Å². The highest BCUT2D eigenvalue weighted by Gasteiger charge is 2.75. The molecule has 4 aliphatic heterocycles. The van der Waals surface area contributed by atoms with E-state index in [-0.39, 0.29) is 55.2 Å². The summed E-state index contributed by atoms with van der Waals surface area (Å²) in [5.41, 5.74) is 10.8. The molecule has 3 amide bonds. The quantitative estimate of drug-likeness (QED) is 0.115. The number of aliphatic hydroxyl groups is 2. The summed E-state index contributed by atoms with van der Waals surface area (Å²) in [5.74, 6) is -3.34. The second kappa shape index (κ2) is 8.34. The molecule has 0 aromatic heterocycles. The molecule has 1 spiro atoms. The SMILES string of the molecule is CCOc1cccc(C(=O)NC2C[N+]3=C(N)N[C@@H](CN4C(=O)CCC4=O)[C@@H]4N=C(N)N[C@@]43C2(O)O)c1. The molecule has 14 nitrogen and oxygen atoms in total. The first-order valence-corrected chi connectivity index (χ1v) is 11.7. The molecule has 192 valence electrons. The highest BCUT2D eigenvalue weighted by molar-refractivity contribution is 6.02. The minimum Gasteiger partial charge on any atom is -0.494 e. The maximum Gasteiger partial charge on any atom is 0.346 e. The van der Waals surface area contributed by atoms with Crippen molar-refractivity contribution in [2.45, 2.75) is 49.3 Å². The third-order valence-electron chi connectivity index (χ3n) is 7.11. The molecule has 14 heteroatoms. The molecule has 1 aromatic carbocycles. The molecule has 36 heavy (non-hydrogen) atoms. The predicted molar refractivity (Wildman–Crippen MR) is 125 cm³/mol. The summed E-state index contributed by atoms with van der Waals surface area (Å²) in [6, 6.07) is 3.55. The Balaban J connectivity index is 1.45. The molecule has 4 aliphatic rings. The van der Waals surface area contributed by atoms with Gasteiger partial charge in [0.2, 0.25) is 23.3 Å². The lowest BCUT2D eigenvalue weighted by Gasteiger charge is -2.44. The number of carbonyl (C=O) groups excluding carboxylic acids is 3. The van der Waals surface area contributed by atoms with Crippen molar-refractivity contribution in [1.29, 1.82) is 0 Å². The molecule has 0 saturated carbocycles. The van der Waals surface area contributed by atoms with Crippen LogP contribution in [0.2, 0.25) is 0 Å². The Morgan fingerprint density at radius 3 is 2.72 bits per heavy atom. The van der Waals surface area contributed by atoms with E-state index < -0.39 is 35.5 Å². The van der Waals surface area contributed by atoms with Gasteiger partial charge in [0.25, 0.3) is 5.91 Å². The van der Waals surface area contributed by atoms with Gasteiger partial charge >= 0.3 is 5.96 Å². The zero-order valence-corrected chi connectivity index (χ0v) is 19.6. The predicted octanol–water partition coefficient (Wildman–Crippen LogP) is -3.69. The number of ether oxygens (including phenoxy) is 1. The van der Waals surface area contributed by atoms with Crippen molar-refractivity contribution in [3.63, 3.8) is 0 Å². The first kappa shape index (κ1) is 23.8. The van der Waals surface area contributed by atoms with Crippen LogP contribution in [-0.4, -0.2) is 98.6 Å². The van der Waals surface area contributed by atoms with Gasteiger partial charge in [-0.1, -0.05) is 6.07 Å². The van der Waals surface area contributed by atoms with Crippen LogP contribution in [-0.2, 0) is 9.59 Å². The topological polar surface area (TPSA) is 208 Å². The van der Waals surface area contributed by atoms with Gasteiger partial charge in [-0.3, -0.25) is 30.3 Å². The molecule has 9 N–H and O–H groups in total. The van der Waals surface area contributed by atoms with Crippen molar-refractivity contribution in [1.82, 2.24) is 20.9 Å². The van der Waals surface area contributed by atoms with Gasteiger partial charge in [0, 0.05) is 18.4 Å². The number of amides is 3. The van der Waals surface area contributed by atoms with E-state index >= 15 is 0 Å². The molecule has 1 aromatic rings. The highest BCUT2D eigenvalue weighted by Crippen LogP contribution is 2.41. The van der Waals surface area contributed by atoms with E-state index in [1.807, 2.05) is 6.92 Å². The second-order valence-corrected chi connectivity index (χ2v) is 9.21. The Morgan fingerprint density at radius 2 is 2.03 bits per heavy atom. The maximum absolute atomic E-state index is 13.0. The number of nitrogens with two attached hydrogens (primary N) is 2. The molecule has 0 radical (unpaired) electrons. The Bertz CT molecular complexity index is 1180. The minimum absolute atomic E-state index is 0.0512. The van der Waals surface area contributed by atoms with Crippen LogP contribution in [0.4, 0.5) is 0 Å². The van der Waals surface area contributed by atoms with Crippen LogP contribution in [0.3, 0.4) is 0 Å². The summed E-state index contributed by atoms with van der Waals surface area (Å²) in [5, 5.41) is 31.6. The fourth-order valence-corrected chi connectivity index (χ4v) is 5.47. The number of nitrogens with zero attached hydrogens (tertiary/aromatic N) is 3. The molecule has 2 fully saturated rings. The normalized spacial score (nSPS) is 30.4. The van der Waals surface area contributed by atoms with Crippen molar-refractivity contribution in [2.75, 3.05) is 19.7 Å². The lowest BCUT2D eigenvalue weighted by Crippen LogP contribution is -2.79. The number of rotatable bonds is 6. The van der Waals surface area contributed by atoms with Crippen molar-refractivity contribution < 1.29 is 33.9 Å². The highest BCUT2D eigenvalue weighted by atomic mass is 16.5. The number of hydrogen-bond acceptors (Lipinski definition) is 11. The van der Waals surface area contributed by atoms with Crippen LogP contribution in [0.1, 0.15) is 30.1 Å². The Hall–Kier alpha value is -3.91. The zero-order chi connectivity index (χ0) is 25.8. The molecule has 4 atom stereocenters. The van der Waals surface area contributed by atoms with Gasteiger partial charge < -0.3 is 31.3 Å². The van der Waals surface area contributed by atoms with Crippen molar-refractivity contribution in [3.05, 3.63) is 29.8 Å². The summed E-state index contributed by atoms with van der Waals surface area (Å²) in [7, 11) is 0. The van der Waals surface area contributed by atoms with Crippen LogP contribution in [0.25, 0.3) is 0 Å². The van der Waals surface area contributed by atoms with Gasteiger partial charge in [-0.2, -0.15) is 0 Å². The summed E-state index contributed by atoms with van der Waals surface area (Å²) in [6.45, 7) is 2.06. The van der Waals surface area contributed by atoms with Crippen LogP contribution in [0.15, 0.2) is 29.3 Å². The van der Waals surface area contributed by atoms with Gasteiger partial charge in [-0.25, -0.2) is 9.57 Å². The Morgan fingerprint density at radius 1 is 1.31 bits per heavy atom. The third-order valence-corrected chi connectivity index (χ3v) is 7.11. The van der Waals surface area contributed by atoms with Crippen molar-refractivity contribution in [2.24, 2.45) is 16.5 Å². The molecule has 0 aliphatic carbocycles. The standard InChI is InChI=1S/C22H28N8O6/c1-2-36-12-5-3-4-11(8-12)18(33)26-14-10-30-20(24)25-13(9-29-15(31)6-7-16(29)32)17-21(30,22(14,34)35)28-19(23)27-17/h3-5,8,13-14,17,34-35H,2,6-7,9-10H2,1H3,(H6,23,24,25,26,27,28,33)/p+1/t13-,14?,17-,21-/m0/s1. The molecular formula is C22H29N8O6+. The number of benzene rings is 1. The molecule has 5 rings (SSSR count). The van der Waals surface area contributed by atoms with Gasteiger partial charge in [0.05, 0.1) is 19.7 Å². The number of imide groups is 1. The summed E-state index contributed by atoms with van der Waals surface area (Å²) in [4.78, 5) is 42.9. The van der Waals surface area contributed by atoms with Gasteiger partial charge in [0.15, 0.2) is 5.96 Å². The lowest BCUT2D eigenvalue weighted by molar-refractivity contribution is -0.623. The van der Waals surface area contributed by atoms with Crippen LogP contribution < -0.4 is 32.2 Å². The van der Waals surface area contributed by atoms with Gasteiger partial charge in [-0.05, 0) is 25.1 Å². The lowest BCUT2D eigenvalue weighted by atomic mass is 9.85. The van der Waals surface area contributed by atoms with Crippen LogP contribution >= 0.6 is 0 Å². The fourth-order valence-electron chi connectivity index (χ4n) is 5.47.